The Balaban J connectivity index is 1.62. The molecule has 0 spiro atoms. The molecule has 3 rings (SSSR count). The minimum Gasteiger partial charge on any atom is -0.314 e. The maximum atomic E-state index is 12.8. The fraction of sp³-hybridized carbons (Fsp3) is 0.444. The van der Waals surface area contributed by atoms with Crippen molar-refractivity contribution in [3.63, 3.8) is 0 Å². The van der Waals surface area contributed by atoms with Gasteiger partial charge < -0.3 is 10.6 Å². The van der Waals surface area contributed by atoms with Crippen LogP contribution in [-0.2, 0) is 17.4 Å². The molecular weight excluding hydrogens is 363 g/mol. The van der Waals surface area contributed by atoms with Gasteiger partial charge in [-0.15, -0.1) is 11.3 Å². The standard InChI is InChI=1S/C18H20F3N3OS/c1-11-7-13(5-6-22-11)16(25)24-17-23-10-15(26-17)9-12-3-2-4-14(8-12)18(19,20)21/h2-4,8,10-11,13,22H,5-7,9H2,1H3,(H,23,24,25)/t11-,13-/m0/s1. The highest BCUT2D eigenvalue weighted by Gasteiger charge is 2.30. The zero-order valence-corrected chi connectivity index (χ0v) is 15.1. The number of amides is 1. The van der Waals surface area contributed by atoms with Crippen molar-refractivity contribution in [2.24, 2.45) is 5.92 Å². The van der Waals surface area contributed by atoms with E-state index in [4.69, 9.17) is 0 Å². The molecule has 1 amide bonds. The normalized spacial score (nSPS) is 20.8. The van der Waals surface area contributed by atoms with Crippen LogP contribution in [0.4, 0.5) is 18.3 Å². The number of halogens is 3. The summed E-state index contributed by atoms with van der Waals surface area (Å²) in [5.74, 6) is -0.0830. The first-order chi connectivity index (χ1) is 12.3. The first-order valence-electron chi connectivity index (χ1n) is 8.46. The van der Waals surface area contributed by atoms with E-state index in [1.807, 2.05) is 0 Å². The van der Waals surface area contributed by atoms with Crippen LogP contribution in [0, 0.1) is 5.92 Å². The molecule has 0 unspecified atom stereocenters. The lowest BCUT2D eigenvalue weighted by Gasteiger charge is -2.26. The fourth-order valence-electron chi connectivity index (χ4n) is 3.08. The maximum Gasteiger partial charge on any atom is 0.416 e. The summed E-state index contributed by atoms with van der Waals surface area (Å²) in [5, 5.41) is 6.63. The van der Waals surface area contributed by atoms with Gasteiger partial charge in [0.1, 0.15) is 0 Å². The molecule has 26 heavy (non-hydrogen) atoms. The molecule has 0 radical (unpaired) electrons. The molecular formula is C18H20F3N3OS. The molecule has 2 aromatic rings. The lowest BCUT2D eigenvalue weighted by atomic mass is 9.93. The zero-order chi connectivity index (χ0) is 18.7. The number of aromatic nitrogens is 1. The van der Waals surface area contributed by atoms with E-state index in [0.717, 1.165) is 36.4 Å². The molecule has 4 nitrogen and oxygen atoms in total. The van der Waals surface area contributed by atoms with Gasteiger partial charge in [-0.3, -0.25) is 4.79 Å². The number of thiazole rings is 1. The van der Waals surface area contributed by atoms with Gasteiger partial charge in [-0.2, -0.15) is 13.2 Å². The molecule has 1 saturated heterocycles. The van der Waals surface area contributed by atoms with Crippen LogP contribution in [0.2, 0.25) is 0 Å². The quantitative estimate of drug-likeness (QED) is 0.837. The van der Waals surface area contributed by atoms with E-state index >= 15 is 0 Å². The molecule has 1 aliphatic heterocycles. The van der Waals surface area contributed by atoms with Crippen LogP contribution < -0.4 is 10.6 Å². The van der Waals surface area contributed by atoms with Crippen LogP contribution in [0.15, 0.2) is 30.5 Å². The second-order valence-electron chi connectivity index (χ2n) is 6.57. The Morgan fingerprint density at radius 3 is 2.96 bits per heavy atom. The van der Waals surface area contributed by atoms with Gasteiger partial charge in [0.2, 0.25) is 5.91 Å². The monoisotopic (exact) mass is 383 g/mol. The second kappa shape index (κ2) is 7.75. The molecule has 1 fully saturated rings. The number of nitrogens with one attached hydrogen (secondary N) is 2. The van der Waals surface area contributed by atoms with Crippen LogP contribution in [0.5, 0.6) is 0 Å². The number of hydrogen-bond acceptors (Lipinski definition) is 4. The molecule has 140 valence electrons. The van der Waals surface area contributed by atoms with Crippen molar-refractivity contribution in [1.82, 2.24) is 10.3 Å². The van der Waals surface area contributed by atoms with E-state index in [1.54, 1.807) is 12.3 Å². The summed E-state index contributed by atoms with van der Waals surface area (Å²) in [5.41, 5.74) is -0.0957. The summed E-state index contributed by atoms with van der Waals surface area (Å²) in [6.45, 7) is 2.87. The number of piperidine rings is 1. The first-order valence-corrected chi connectivity index (χ1v) is 9.28. The number of anilines is 1. The third kappa shape index (κ3) is 4.82. The van der Waals surface area contributed by atoms with Gasteiger partial charge in [-0.1, -0.05) is 18.2 Å². The van der Waals surface area contributed by atoms with Crippen LogP contribution in [-0.4, -0.2) is 23.5 Å². The molecule has 2 N–H and O–H groups in total. The number of carbonyl (C=O) groups excluding carboxylic acids is 1. The summed E-state index contributed by atoms with van der Waals surface area (Å²) in [4.78, 5) is 17.3. The predicted molar refractivity (Wildman–Crippen MR) is 95.2 cm³/mol. The Hall–Kier alpha value is -1.93. The predicted octanol–water partition coefficient (Wildman–Crippen LogP) is 4.08. The van der Waals surface area contributed by atoms with Crippen LogP contribution in [0.3, 0.4) is 0 Å². The molecule has 2 heterocycles. The molecule has 8 heteroatoms. The van der Waals surface area contributed by atoms with Crippen molar-refractivity contribution in [3.05, 3.63) is 46.5 Å². The first kappa shape index (κ1) is 18.8. The molecule has 0 aliphatic carbocycles. The molecule has 0 saturated carbocycles. The molecule has 0 bridgehead atoms. The topological polar surface area (TPSA) is 54.0 Å². The summed E-state index contributed by atoms with van der Waals surface area (Å²) >= 11 is 1.29. The van der Waals surface area contributed by atoms with Crippen molar-refractivity contribution in [2.45, 2.75) is 38.4 Å². The van der Waals surface area contributed by atoms with Crippen molar-refractivity contribution >= 4 is 22.4 Å². The van der Waals surface area contributed by atoms with E-state index in [1.165, 1.54) is 17.4 Å². The average Bonchev–Trinajstić information content (AvgIpc) is 3.01. The van der Waals surface area contributed by atoms with E-state index in [0.29, 0.717) is 23.2 Å². The van der Waals surface area contributed by atoms with Gasteiger partial charge in [-0.05, 0) is 37.9 Å². The van der Waals surface area contributed by atoms with E-state index in [9.17, 15) is 18.0 Å². The lowest BCUT2D eigenvalue weighted by Crippen LogP contribution is -2.40. The Labute approximate surface area is 153 Å². The van der Waals surface area contributed by atoms with Crippen LogP contribution in [0.1, 0.15) is 35.8 Å². The lowest BCUT2D eigenvalue weighted by molar-refractivity contribution is -0.137. The minimum absolute atomic E-state index is 0.0398. The number of nitrogens with zero attached hydrogens (tertiary/aromatic N) is 1. The van der Waals surface area contributed by atoms with Gasteiger partial charge >= 0.3 is 6.18 Å². The van der Waals surface area contributed by atoms with E-state index in [2.05, 4.69) is 22.5 Å². The van der Waals surface area contributed by atoms with Gasteiger partial charge in [0, 0.05) is 29.5 Å². The summed E-state index contributed by atoms with van der Waals surface area (Å²) in [6.07, 6.45) is -0.824. The van der Waals surface area contributed by atoms with E-state index < -0.39 is 11.7 Å². The number of carbonyl (C=O) groups is 1. The smallest absolute Gasteiger partial charge is 0.314 e. The van der Waals surface area contributed by atoms with Gasteiger partial charge in [0.25, 0.3) is 0 Å². The van der Waals surface area contributed by atoms with Gasteiger partial charge in [-0.25, -0.2) is 4.98 Å². The molecule has 1 aliphatic rings. The Kier molecular flexibility index (Phi) is 5.62. The number of alkyl halides is 3. The average molecular weight is 383 g/mol. The largest absolute Gasteiger partial charge is 0.416 e. The highest BCUT2D eigenvalue weighted by atomic mass is 32.1. The van der Waals surface area contributed by atoms with E-state index in [-0.39, 0.29) is 11.8 Å². The van der Waals surface area contributed by atoms with Gasteiger partial charge in [0.15, 0.2) is 5.13 Å². The molecule has 2 atom stereocenters. The number of rotatable bonds is 4. The summed E-state index contributed by atoms with van der Waals surface area (Å²) in [6, 6.07) is 5.58. The second-order valence-corrected chi connectivity index (χ2v) is 7.69. The van der Waals surface area contributed by atoms with Crippen LogP contribution >= 0.6 is 11.3 Å². The Bertz CT molecular complexity index is 775. The minimum atomic E-state index is -4.35. The summed E-state index contributed by atoms with van der Waals surface area (Å²) in [7, 11) is 0. The zero-order valence-electron chi connectivity index (χ0n) is 14.3. The van der Waals surface area contributed by atoms with Crippen molar-refractivity contribution in [1.29, 1.82) is 0 Å². The Morgan fingerprint density at radius 1 is 1.42 bits per heavy atom. The Morgan fingerprint density at radius 2 is 2.23 bits per heavy atom. The molecule has 1 aromatic carbocycles. The summed E-state index contributed by atoms with van der Waals surface area (Å²) < 4.78 is 38.4. The highest BCUT2D eigenvalue weighted by Crippen LogP contribution is 2.30. The molecule has 1 aromatic heterocycles. The fourth-order valence-corrected chi connectivity index (χ4v) is 3.93. The van der Waals surface area contributed by atoms with Crippen molar-refractivity contribution in [2.75, 3.05) is 11.9 Å². The SMILES string of the molecule is C[C@H]1C[C@@H](C(=O)Nc2ncc(Cc3cccc(C(F)(F)F)c3)s2)CCN1. The maximum absolute atomic E-state index is 12.8. The number of benzene rings is 1. The van der Waals surface area contributed by atoms with Gasteiger partial charge in [0.05, 0.1) is 5.56 Å². The third-order valence-corrected chi connectivity index (χ3v) is 5.32. The third-order valence-electron chi connectivity index (χ3n) is 4.41. The number of hydrogen-bond donors (Lipinski definition) is 2. The van der Waals surface area contributed by atoms with Crippen LogP contribution in [0.25, 0.3) is 0 Å². The highest BCUT2D eigenvalue weighted by molar-refractivity contribution is 7.15. The van der Waals surface area contributed by atoms with Crippen molar-refractivity contribution < 1.29 is 18.0 Å². The van der Waals surface area contributed by atoms with Crippen molar-refractivity contribution in [3.8, 4) is 0 Å².